The normalized spacial score (nSPS) is 12.2. The summed E-state index contributed by atoms with van der Waals surface area (Å²) in [7, 11) is 0. The number of amides is 1. The van der Waals surface area contributed by atoms with Crippen LogP contribution in [0.15, 0.2) is 22.7 Å². The number of carbonyl (C=O) groups is 1. The van der Waals surface area contributed by atoms with E-state index in [1.54, 1.807) is 6.92 Å². The maximum absolute atomic E-state index is 12.2. The molecule has 0 radical (unpaired) electrons. The number of aromatic nitrogens is 1. The minimum absolute atomic E-state index is 0.00968. The summed E-state index contributed by atoms with van der Waals surface area (Å²) in [4.78, 5) is 12.2. The van der Waals surface area contributed by atoms with Gasteiger partial charge in [-0.05, 0) is 39.0 Å². The number of phenolic OH excluding ortho intramolecular Hbond substituents is 1. The van der Waals surface area contributed by atoms with E-state index in [2.05, 4.69) is 10.5 Å². The van der Waals surface area contributed by atoms with Crippen LogP contribution < -0.4 is 5.32 Å². The van der Waals surface area contributed by atoms with E-state index in [9.17, 15) is 9.90 Å². The molecule has 0 saturated heterocycles. The van der Waals surface area contributed by atoms with Crippen LogP contribution >= 0.6 is 11.6 Å². The van der Waals surface area contributed by atoms with Crippen molar-refractivity contribution in [1.29, 1.82) is 0 Å². The van der Waals surface area contributed by atoms with Gasteiger partial charge >= 0.3 is 0 Å². The third kappa shape index (κ3) is 2.77. The predicted molar refractivity (Wildman–Crippen MR) is 75.0 cm³/mol. The molecule has 5 nitrogen and oxygen atoms in total. The molecule has 20 heavy (non-hydrogen) atoms. The van der Waals surface area contributed by atoms with Gasteiger partial charge in [0.05, 0.1) is 22.3 Å². The van der Waals surface area contributed by atoms with Crippen LogP contribution in [0.4, 0.5) is 0 Å². The zero-order chi connectivity index (χ0) is 14.9. The number of aromatic hydroxyl groups is 1. The number of hydrogen-bond donors (Lipinski definition) is 2. The molecule has 1 unspecified atom stereocenters. The molecule has 0 aliphatic carbocycles. The Morgan fingerprint density at radius 1 is 1.45 bits per heavy atom. The Labute approximate surface area is 121 Å². The van der Waals surface area contributed by atoms with Gasteiger partial charge in [-0.25, -0.2) is 0 Å². The van der Waals surface area contributed by atoms with Crippen LogP contribution in [0.2, 0.25) is 5.02 Å². The number of halogens is 1. The van der Waals surface area contributed by atoms with Crippen molar-refractivity contribution < 1.29 is 14.4 Å². The number of nitrogens with zero attached hydrogens (tertiary/aromatic N) is 1. The Hall–Kier alpha value is -2.01. The molecule has 0 bridgehead atoms. The lowest BCUT2D eigenvalue weighted by molar-refractivity contribution is 0.0939. The monoisotopic (exact) mass is 294 g/mol. The fourth-order valence-electron chi connectivity index (χ4n) is 2.14. The lowest BCUT2D eigenvalue weighted by Crippen LogP contribution is -2.27. The van der Waals surface area contributed by atoms with Gasteiger partial charge in [-0.1, -0.05) is 16.8 Å². The van der Waals surface area contributed by atoms with Crippen LogP contribution in [0, 0.1) is 13.8 Å². The van der Waals surface area contributed by atoms with Gasteiger partial charge in [0.25, 0.3) is 5.91 Å². The molecule has 0 aliphatic heterocycles. The number of carbonyl (C=O) groups excluding carboxylic acids is 1. The van der Waals surface area contributed by atoms with Crippen LogP contribution in [-0.2, 0) is 0 Å². The maximum Gasteiger partial charge on any atom is 0.253 e. The second-order valence-corrected chi connectivity index (χ2v) is 5.00. The van der Waals surface area contributed by atoms with E-state index in [-0.39, 0.29) is 28.3 Å². The molecule has 2 N–H and O–H groups in total. The maximum atomic E-state index is 12.2. The summed E-state index contributed by atoms with van der Waals surface area (Å²) in [5.74, 6) is 0.292. The lowest BCUT2D eigenvalue weighted by atomic mass is 10.1. The highest BCUT2D eigenvalue weighted by Gasteiger charge is 2.20. The summed E-state index contributed by atoms with van der Waals surface area (Å²) in [5.41, 5.74) is 1.80. The molecule has 1 heterocycles. The van der Waals surface area contributed by atoms with Gasteiger partial charge in [0.15, 0.2) is 0 Å². The second-order valence-electron chi connectivity index (χ2n) is 4.60. The molecule has 0 saturated carbocycles. The van der Waals surface area contributed by atoms with Gasteiger partial charge in [-0.3, -0.25) is 4.79 Å². The summed E-state index contributed by atoms with van der Waals surface area (Å²) < 4.78 is 5.08. The smallest absolute Gasteiger partial charge is 0.253 e. The highest BCUT2D eigenvalue weighted by atomic mass is 35.5. The van der Waals surface area contributed by atoms with Crippen molar-refractivity contribution in [3.63, 3.8) is 0 Å². The first kappa shape index (κ1) is 14.4. The molecule has 0 spiro atoms. The van der Waals surface area contributed by atoms with Gasteiger partial charge in [0.1, 0.15) is 11.5 Å². The molecule has 106 valence electrons. The first-order valence-electron chi connectivity index (χ1n) is 6.12. The van der Waals surface area contributed by atoms with Crippen LogP contribution in [0.1, 0.15) is 40.3 Å². The highest BCUT2D eigenvalue weighted by molar-refractivity contribution is 6.33. The minimum Gasteiger partial charge on any atom is -0.508 e. The van der Waals surface area contributed by atoms with Crippen molar-refractivity contribution in [2.45, 2.75) is 26.8 Å². The summed E-state index contributed by atoms with van der Waals surface area (Å²) in [5, 5.41) is 16.4. The predicted octanol–water partition coefficient (Wildman–Crippen LogP) is 3.14. The highest BCUT2D eigenvalue weighted by Crippen LogP contribution is 2.24. The molecule has 1 aromatic heterocycles. The molecule has 2 rings (SSSR count). The molecular formula is C14H15ClN2O3. The van der Waals surface area contributed by atoms with E-state index < -0.39 is 0 Å². The Balaban J connectivity index is 2.22. The van der Waals surface area contributed by atoms with Crippen molar-refractivity contribution in [1.82, 2.24) is 10.5 Å². The van der Waals surface area contributed by atoms with E-state index in [4.69, 9.17) is 16.1 Å². The van der Waals surface area contributed by atoms with Gasteiger partial charge in [0, 0.05) is 5.56 Å². The van der Waals surface area contributed by atoms with E-state index in [0.717, 1.165) is 11.3 Å². The molecule has 6 heteroatoms. The Morgan fingerprint density at radius 3 is 2.75 bits per heavy atom. The molecule has 0 aliphatic rings. The van der Waals surface area contributed by atoms with E-state index in [1.807, 2.05) is 13.8 Å². The number of nitrogens with one attached hydrogen (secondary N) is 1. The van der Waals surface area contributed by atoms with Crippen LogP contribution in [0.5, 0.6) is 5.75 Å². The minimum atomic E-state index is -0.363. The number of rotatable bonds is 3. The summed E-state index contributed by atoms with van der Waals surface area (Å²) >= 11 is 5.96. The standard InChI is InChI=1S/C14H15ClN2O3/c1-7(13-8(2)17-20-9(13)3)16-14(19)11-6-10(18)4-5-12(11)15/h4-7,18H,1-3H3,(H,16,19). The molecule has 1 atom stereocenters. The van der Waals surface area contributed by atoms with Crippen molar-refractivity contribution in [3.05, 3.63) is 45.8 Å². The number of benzene rings is 1. The molecule has 1 aromatic carbocycles. The molecular weight excluding hydrogens is 280 g/mol. The quantitative estimate of drug-likeness (QED) is 0.912. The largest absolute Gasteiger partial charge is 0.508 e. The zero-order valence-electron chi connectivity index (χ0n) is 11.4. The van der Waals surface area contributed by atoms with Crippen LogP contribution in [0.3, 0.4) is 0 Å². The lowest BCUT2D eigenvalue weighted by Gasteiger charge is -2.14. The number of aryl methyl sites for hydroxylation is 2. The fourth-order valence-corrected chi connectivity index (χ4v) is 2.35. The summed E-state index contributed by atoms with van der Waals surface area (Å²) in [6, 6.07) is 3.97. The van der Waals surface area contributed by atoms with Crippen molar-refractivity contribution in [3.8, 4) is 5.75 Å². The van der Waals surface area contributed by atoms with Gasteiger partial charge in [-0.2, -0.15) is 0 Å². The average molecular weight is 295 g/mol. The number of phenols is 1. The zero-order valence-corrected chi connectivity index (χ0v) is 12.2. The third-order valence-electron chi connectivity index (χ3n) is 3.06. The van der Waals surface area contributed by atoms with Gasteiger partial charge in [-0.15, -0.1) is 0 Å². The summed E-state index contributed by atoms with van der Waals surface area (Å²) in [6.45, 7) is 5.44. The van der Waals surface area contributed by atoms with Gasteiger partial charge in [0.2, 0.25) is 0 Å². The SMILES string of the molecule is Cc1noc(C)c1C(C)NC(=O)c1cc(O)ccc1Cl. The Kier molecular flexibility index (Phi) is 3.99. The summed E-state index contributed by atoms with van der Waals surface area (Å²) in [6.07, 6.45) is 0. The van der Waals surface area contributed by atoms with E-state index in [1.165, 1.54) is 18.2 Å². The number of hydrogen-bond acceptors (Lipinski definition) is 4. The van der Waals surface area contributed by atoms with Crippen molar-refractivity contribution in [2.75, 3.05) is 0 Å². The van der Waals surface area contributed by atoms with Crippen molar-refractivity contribution in [2.24, 2.45) is 0 Å². The van der Waals surface area contributed by atoms with E-state index in [0.29, 0.717) is 5.76 Å². The Morgan fingerprint density at radius 2 is 2.15 bits per heavy atom. The fraction of sp³-hybridized carbons (Fsp3) is 0.286. The van der Waals surface area contributed by atoms with Crippen LogP contribution in [0.25, 0.3) is 0 Å². The third-order valence-corrected chi connectivity index (χ3v) is 3.39. The first-order chi connectivity index (χ1) is 9.40. The molecule has 2 aromatic rings. The average Bonchev–Trinajstić information content (AvgIpc) is 2.71. The van der Waals surface area contributed by atoms with E-state index >= 15 is 0 Å². The van der Waals surface area contributed by atoms with Crippen LogP contribution in [-0.4, -0.2) is 16.2 Å². The molecule has 1 amide bonds. The topological polar surface area (TPSA) is 75.4 Å². The first-order valence-corrected chi connectivity index (χ1v) is 6.50. The van der Waals surface area contributed by atoms with Gasteiger partial charge < -0.3 is 14.9 Å². The molecule has 0 fully saturated rings. The Bertz CT molecular complexity index is 632. The van der Waals surface area contributed by atoms with Crippen molar-refractivity contribution >= 4 is 17.5 Å². The second kappa shape index (κ2) is 5.54.